The van der Waals surface area contributed by atoms with Gasteiger partial charge in [-0.2, -0.15) is 0 Å². The number of nitro benzene ring substituents is 1. The largest absolute Gasteiger partial charge is 0.441 e. The van der Waals surface area contributed by atoms with Crippen molar-refractivity contribution in [2.24, 2.45) is 0 Å². The molecule has 1 atom stereocenters. The van der Waals surface area contributed by atoms with E-state index in [4.69, 9.17) is 9.47 Å². The predicted octanol–water partition coefficient (Wildman–Crippen LogP) is 3.49. The smallest absolute Gasteiger partial charge is 0.313 e. The van der Waals surface area contributed by atoms with Gasteiger partial charge in [-0.25, -0.2) is 4.98 Å². The Kier molecular flexibility index (Phi) is 7.83. The number of pyridine rings is 1. The highest BCUT2D eigenvalue weighted by Gasteiger charge is 2.09. The normalized spacial score (nSPS) is 11.9. The molecule has 9 heteroatoms. The molecule has 0 spiro atoms. The SMILES string of the molecule is O=[N+]([O-])c1ccc(OC(O)OCCCSSc2ccccn2)cc1. The summed E-state index contributed by atoms with van der Waals surface area (Å²) in [4.78, 5) is 14.2. The van der Waals surface area contributed by atoms with Crippen LogP contribution in [-0.4, -0.2) is 33.8 Å². The van der Waals surface area contributed by atoms with Crippen molar-refractivity contribution in [3.63, 3.8) is 0 Å². The van der Waals surface area contributed by atoms with Gasteiger partial charge < -0.3 is 14.6 Å². The highest BCUT2D eigenvalue weighted by molar-refractivity contribution is 8.76. The molecule has 1 aromatic heterocycles. The second kappa shape index (κ2) is 10.1. The molecule has 0 aliphatic carbocycles. The maximum Gasteiger partial charge on any atom is 0.313 e. The van der Waals surface area contributed by atoms with Crippen LogP contribution < -0.4 is 4.74 Å². The second-order valence-corrected chi connectivity index (χ2v) is 6.91. The number of ether oxygens (including phenoxy) is 2. The lowest BCUT2D eigenvalue weighted by Crippen LogP contribution is -2.20. The summed E-state index contributed by atoms with van der Waals surface area (Å²) in [5, 5.41) is 21.1. The number of aliphatic hydroxyl groups excluding tert-OH is 1. The molecule has 0 saturated heterocycles. The molecule has 0 radical (unpaired) electrons. The van der Waals surface area contributed by atoms with Gasteiger partial charge in [0.25, 0.3) is 5.69 Å². The zero-order valence-electron chi connectivity index (χ0n) is 12.6. The molecule has 2 rings (SSSR count). The average Bonchev–Trinajstić information content (AvgIpc) is 2.59. The highest BCUT2D eigenvalue weighted by atomic mass is 33.1. The van der Waals surface area contributed by atoms with Crippen LogP contribution in [0.5, 0.6) is 5.75 Å². The molecule has 2 aromatic rings. The minimum Gasteiger partial charge on any atom is -0.441 e. The number of benzene rings is 1. The van der Waals surface area contributed by atoms with E-state index in [1.54, 1.807) is 27.8 Å². The highest BCUT2D eigenvalue weighted by Crippen LogP contribution is 2.29. The Morgan fingerprint density at radius 1 is 1.25 bits per heavy atom. The number of hydrogen-bond acceptors (Lipinski definition) is 8. The van der Waals surface area contributed by atoms with E-state index in [0.29, 0.717) is 12.4 Å². The van der Waals surface area contributed by atoms with E-state index in [0.717, 1.165) is 17.2 Å². The van der Waals surface area contributed by atoms with Crippen LogP contribution in [0.25, 0.3) is 0 Å². The molecule has 0 aliphatic heterocycles. The third-order valence-electron chi connectivity index (χ3n) is 2.70. The first kappa shape index (κ1) is 18.5. The number of aliphatic hydroxyl groups is 1. The number of nitrogens with zero attached hydrogens (tertiary/aromatic N) is 2. The van der Waals surface area contributed by atoms with Gasteiger partial charge in [-0.1, -0.05) is 16.9 Å². The van der Waals surface area contributed by atoms with Crippen molar-refractivity contribution in [3.8, 4) is 5.75 Å². The van der Waals surface area contributed by atoms with Crippen molar-refractivity contribution >= 4 is 27.3 Å². The molecular formula is C15H16N2O5S2. The van der Waals surface area contributed by atoms with Crippen LogP contribution in [0.4, 0.5) is 5.69 Å². The Bertz CT molecular complexity index is 628. The first-order valence-electron chi connectivity index (χ1n) is 7.06. The van der Waals surface area contributed by atoms with Gasteiger partial charge >= 0.3 is 6.48 Å². The summed E-state index contributed by atoms with van der Waals surface area (Å²) in [5.41, 5.74) is -0.0415. The van der Waals surface area contributed by atoms with Crippen LogP contribution in [0.15, 0.2) is 53.7 Å². The molecule has 1 unspecified atom stereocenters. The standard InChI is InChI=1S/C15H16N2O5S2/c18-15(22-13-7-5-12(6-8-13)17(19)20)21-10-3-11-23-24-14-4-1-2-9-16-14/h1-2,4-9,15,18H,3,10-11H2. The van der Waals surface area contributed by atoms with Gasteiger partial charge in [0.05, 0.1) is 11.5 Å². The van der Waals surface area contributed by atoms with Gasteiger partial charge in [0.15, 0.2) is 0 Å². The van der Waals surface area contributed by atoms with Gasteiger partial charge in [0.2, 0.25) is 0 Å². The minimum absolute atomic E-state index is 0.0415. The lowest BCUT2D eigenvalue weighted by molar-refractivity contribution is -0.384. The summed E-state index contributed by atoms with van der Waals surface area (Å²) < 4.78 is 10.3. The summed E-state index contributed by atoms with van der Waals surface area (Å²) in [6.45, 7) is -1.07. The molecule has 24 heavy (non-hydrogen) atoms. The van der Waals surface area contributed by atoms with Crippen LogP contribution >= 0.6 is 21.6 Å². The number of non-ortho nitro benzene ring substituents is 1. The molecule has 0 aliphatic rings. The van der Waals surface area contributed by atoms with Crippen molar-refractivity contribution in [1.29, 1.82) is 0 Å². The molecule has 1 aromatic carbocycles. The zero-order chi connectivity index (χ0) is 17.2. The Morgan fingerprint density at radius 2 is 2.04 bits per heavy atom. The Morgan fingerprint density at radius 3 is 2.71 bits per heavy atom. The monoisotopic (exact) mass is 368 g/mol. The molecule has 0 bridgehead atoms. The molecule has 1 N–H and O–H groups in total. The maximum atomic E-state index is 10.5. The maximum absolute atomic E-state index is 10.5. The minimum atomic E-state index is -1.40. The summed E-state index contributed by atoms with van der Waals surface area (Å²) in [5.74, 6) is 1.14. The lowest BCUT2D eigenvalue weighted by Gasteiger charge is -2.13. The Labute approximate surface area is 146 Å². The van der Waals surface area contributed by atoms with E-state index in [-0.39, 0.29) is 5.69 Å². The summed E-state index contributed by atoms with van der Waals surface area (Å²) >= 11 is 0. The summed E-state index contributed by atoms with van der Waals surface area (Å²) in [6, 6.07) is 11.2. The fourth-order valence-electron chi connectivity index (χ4n) is 1.60. The third-order valence-corrected chi connectivity index (χ3v) is 5.05. The first-order chi connectivity index (χ1) is 11.6. The molecule has 1 heterocycles. The van der Waals surface area contributed by atoms with Crippen molar-refractivity contribution in [1.82, 2.24) is 4.98 Å². The average molecular weight is 368 g/mol. The topological polar surface area (TPSA) is 94.7 Å². The van der Waals surface area contributed by atoms with Gasteiger partial charge in [-0.05, 0) is 41.5 Å². The van der Waals surface area contributed by atoms with Crippen molar-refractivity contribution in [2.45, 2.75) is 17.9 Å². The summed E-state index contributed by atoms with van der Waals surface area (Å²) in [7, 11) is 3.24. The van der Waals surface area contributed by atoms with E-state index >= 15 is 0 Å². The van der Waals surface area contributed by atoms with E-state index in [1.165, 1.54) is 24.3 Å². The van der Waals surface area contributed by atoms with Gasteiger partial charge in [0.1, 0.15) is 10.8 Å². The van der Waals surface area contributed by atoms with E-state index in [2.05, 4.69) is 4.98 Å². The van der Waals surface area contributed by atoms with E-state index in [1.807, 2.05) is 18.2 Å². The van der Waals surface area contributed by atoms with Crippen LogP contribution in [-0.2, 0) is 4.74 Å². The van der Waals surface area contributed by atoms with Crippen molar-refractivity contribution < 1.29 is 19.5 Å². The molecule has 0 amide bonds. The lowest BCUT2D eigenvalue weighted by atomic mass is 10.3. The molecule has 0 saturated carbocycles. The number of rotatable bonds is 10. The van der Waals surface area contributed by atoms with Gasteiger partial charge in [0, 0.05) is 24.1 Å². The fourth-order valence-corrected chi connectivity index (χ4v) is 3.54. The Hall–Kier alpha value is -1.81. The van der Waals surface area contributed by atoms with E-state index in [9.17, 15) is 15.2 Å². The molecule has 7 nitrogen and oxygen atoms in total. The zero-order valence-corrected chi connectivity index (χ0v) is 14.2. The van der Waals surface area contributed by atoms with Crippen LogP contribution in [0.3, 0.4) is 0 Å². The third kappa shape index (κ3) is 6.75. The number of aromatic nitrogens is 1. The van der Waals surface area contributed by atoms with E-state index < -0.39 is 11.4 Å². The van der Waals surface area contributed by atoms with Gasteiger partial charge in [-0.15, -0.1) is 0 Å². The predicted molar refractivity (Wildman–Crippen MR) is 92.9 cm³/mol. The quantitative estimate of drug-likeness (QED) is 0.224. The van der Waals surface area contributed by atoms with Crippen molar-refractivity contribution in [2.75, 3.05) is 12.4 Å². The fraction of sp³-hybridized carbons (Fsp3) is 0.267. The van der Waals surface area contributed by atoms with Gasteiger partial charge in [-0.3, -0.25) is 10.1 Å². The van der Waals surface area contributed by atoms with Crippen molar-refractivity contribution in [3.05, 3.63) is 58.8 Å². The number of hydrogen-bond donors (Lipinski definition) is 1. The molecule has 128 valence electrons. The second-order valence-electron chi connectivity index (χ2n) is 4.47. The van der Waals surface area contributed by atoms with Crippen LogP contribution in [0, 0.1) is 10.1 Å². The summed E-state index contributed by atoms with van der Waals surface area (Å²) in [6.07, 6.45) is 2.49. The molecular weight excluding hydrogens is 352 g/mol. The van der Waals surface area contributed by atoms with Crippen LogP contribution in [0.1, 0.15) is 6.42 Å². The number of nitro groups is 1. The Balaban J connectivity index is 1.57. The van der Waals surface area contributed by atoms with Crippen LogP contribution in [0.2, 0.25) is 0 Å². The first-order valence-corrected chi connectivity index (χ1v) is 9.38. The molecule has 0 fully saturated rings.